The Morgan fingerprint density at radius 2 is 2.50 bits per heavy atom. The van der Waals surface area contributed by atoms with Crippen LogP contribution in [0.3, 0.4) is 0 Å². The zero-order valence-electron chi connectivity index (χ0n) is 8.70. The first-order valence-electron chi connectivity index (χ1n) is 5.10. The minimum Gasteiger partial charge on any atom is -0.497 e. The van der Waals surface area contributed by atoms with Crippen LogP contribution in [0, 0.1) is 0 Å². The van der Waals surface area contributed by atoms with E-state index in [0.717, 1.165) is 38.1 Å². The van der Waals surface area contributed by atoms with E-state index in [1.807, 2.05) is 0 Å². The number of ether oxygens (including phenoxy) is 1. The van der Waals surface area contributed by atoms with E-state index in [1.165, 1.54) is 0 Å². The molecule has 1 aliphatic heterocycles. The highest BCUT2D eigenvalue weighted by atomic mass is 32.2. The third kappa shape index (κ3) is 5.40. The Hall–Kier alpha value is -0.350. The van der Waals surface area contributed by atoms with Gasteiger partial charge in [-0.25, -0.2) is 0 Å². The maximum atomic E-state index is 10.8. The Kier molecular flexibility index (Phi) is 5.87. The van der Waals surface area contributed by atoms with Gasteiger partial charge in [0.05, 0.1) is 6.26 Å². The lowest BCUT2D eigenvalue weighted by Crippen LogP contribution is -2.30. The Labute approximate surface area is 88.4 Å². The third-order valence-electron chi connectivity index (χ3n) is 2.18. The van der Waals surface area contributed by atoms with Crippen molar-refractivity contribution < 1.29 is 8.95 Å². The minimum absolute atomic E-state index is 0.326. The number of nitrogens with one attached hydrogen (secondary N) is 1. The van der Waals surface area contributed by atoms with Crippen LogP contribution >= 0.6 is 0 Å². The summed E-state index contributed by atoms with van der Waals surface area (Å²) in [4.78, 5) is 0. The van der Waals surface area contributed by atoms with Crippen molar-refractivity contribution >= 4 is 10.8 Å². The second-order valence-electron chi connectivity index (χ2n) is 3.54. The van der Waals surface area contributed by atoms with Gasteiger partial charge < -0.3 is 10.1 Å². The molecule has 0 aromatic carbocycles. The Morgan fingerprint density at radius 1 is 1.64 bits per heavy atom. The van der Waals surface area contributed by atoms with Crippen LogP contribution in [-0.2, 0) is 15.5 Å². The molecule has 0 radical (unpaired) electrons. The monoisotopic (exact) mass is 217 g/mol. The van der Waals surface area contributed by atoms with Crippen LogP contribution < -0.4 is 5.32 Å². The van der Waals surface area contributed by atoms with Crippen molar-refractivity contribution in [2.24, 2.45) is 0 Å². The third-order valence-corrected chi connectivity index (χ3v) is 3.04. The normalized spacial score (nSPS) is 23.1. The summed E-state index contributed by atoms with van der Waals surface area (Å²) < 4.78 is 16.2. The van der Waals surface area contributed by atoms with Crippen LogP contribution in [0.2, 0.25) is 0 Å². The van der Waals surface area contributed by atoms with E-state index in [9.17, 15) is 4.21 Å². The zero-order valence-corrected chi connectivity index (χ0v) is 9.52. The first kappa shape index (κ1) is 11.7. The maximum absolute atomic E-state index is 10.8. The molecule has 2 atom stereocenters. The van der Waals surface area contributed by atoms with Crippen molar-refractivity contribution in [2.75, 3.05) is 25.1 Å². The SMILES string of the molecule is CS(=O)CCCNCC1CCC=CO1. The highest BCUT2D eigenvalue weighted by Gasteiger charge is 2.09. The van der Waals surface area contributed by atoms with Gasteiger partial charge in [0.15, 0.2) is 0 Å². The van der Waals surface area contributed by atoms with Crippen LogP contribution in [0.4, 0.5) is 0 Å². The highest BCUT2D eigenvalue weighted by Crippen LogP contribution is 2.08. The largest absolute Gasteiger partial charge is 0.497 e. The van der Waals surface area contributed by atoms with Crippen molar-refractivity contribution in [3.63, 3.8) is 0 Å². The van der Waals surface area contributed by atoms with Crippen LogP contribution in [0.1, 0.15) is 19.3 Å². The summed E-state index contributed by atoms with van der Waals surface area (Å²) in [5.74, 6) is 0.790. The molecule has 1 aliphatic rings. The Morgan fingerprint density at radius 3 is 3.14 bits per heavy atom. The summed E-state index contributed by atoms with van der Waals surface area (Å²) in [6.45, 7) is 1.84. The van der Waals surface area contributed by atoms with E-state index in [-0.39, 0.29) is 0 Å². The molecule has 82 valence electrons. The summed E-state index contributed by atoms with van der Waals surface area (Å²) in [6, 6.07) is 0. The summed E-state index contributed by atoms with van der Waals surface area (Å²) in [6.07, 6.45) is 9.11. The van der Waals surface area contributed by atoms with Crippen molar-refractivity contribution in [1.29, 1.82) is 0 Å². The topological polar surface area (TPSA) is 38.3 Å². The predicted molar refractivity (Wildman–Crippen MR) is 59.7 cm³/mol. The van der Waals surface area contributed by atoms with E-state index in [0.29, 0.717) is 6.10 Å². The average Bonchev–Trinajstić information content (AvgIpc) is 2.18. The molecule has 1 heterocycles. The molecule has 0 bridgehead atoms. The summed E-state index contributed by atoms with van der Waals surface area (Å²) in [7, 11) is -0.656. The molecule has 0 saturated heterocycles. The quantitative estimate of drug-likeness (QED) is 0.676. The van der Waals surface area contributed by atoms with Gasteiger partial charge in [-0.15, -0.1) is 0 Å². The molecular formula is C10H19NO2S. The van der Waals surface area contributed by atoms with Gasteiger partial charge in [0.1, 0.15) is 6.10 Å². The molecule has 0 aromatic rings. The van der Waals surface area contributed by atoms with Gasteiger partial charge in [0.25, 0.3) is 0 Å². The summed E-state index contributed by atoms with van der Waals surface area (Å²) in [5, 5.41) is 3.32. The van der Waals surface area contributed by atoms with Crippen LogP contribution in [0.15, 0.2) is 12.3 Å². The second-order valence-corrected chi connectivity index (χ2v) is 5.10. The fraction of sp³-hybridized carbons (Fsp3) is 0.800. The van der Waals surface area contributed by atoms with E-state index >= 15 is 0 Å². The molecule has 1 rings (SSSR count). The van der Waals surface area contributed by atoms with Crippen LogP contribution in [0.25, 0.3) is 0 Å². The summed E-state index contributed by atoms with van der Waals surface area (Å²) >= 11 is 0. The summed E-state index contributed by atoms with van der Waals surface area (Å²) in [5.41, 5.74) is 0. The first-order valence-corrected chi connectivity index (χ1v) is 6.83. The van der Waals surface area contributed by atoms with Crippen molar-refractivity contribution in [1.82, 2.24) is 5.32 Å². The number of allylic oxidation sites excluding steroid dienone is 1. The van der Waals surface area contributed by atoms with Gasteiger partial charge >= 0.3 is 0 Å². The Balaban J connectivity index is 1.93. The van der Waals surface area contributed by atoms with Gasteiger partial charge in [-0.05, 0) is 31.9 Å². The van der Waals surface area contributed by atoms with Gasteiger partial charge in [-0.3, -0.25) is 4.21 Å². The Bertz CT molecular complexity index is 206. The van der Waals surface area contributed by atoms with E-state index in [4.69, 9.17) is 4.74 Å². The molecule has 0 aromatic heterocycles. The number of rotatable bonds is 6. The molecule has 0 spiro atoms. The van der Waals surface area contributed by atoms with E-state index < -0.39 is 10.8 Å². The standard InChI is InChI=1S/C10H19NO2S/c1-14(12)8-4-6-11-9-10-5-2-3-7-13-10/h3,7,10-11H,2,4-6,8-9H2,1H3. The molecule has 1 N–H and O–H groups in total. The number of hydrogen-bond donors (Lipinski definition) is 1. The van der Waals surface area contributed by atoms with Crippen molar-refractivity contribution in [3.05, 3.63) is 12.3 Å². The highest BCUT2D eigenvalue weighted by molar-refractivity contribution is 7.84. The van der Waals surface area contributed by atoms with E-state index in [2.05, 4.69) is 11.4 Å². The van der Waals surface area contributed by atoms with Gasteiger partial charge in [0, 0.05) is 29.4 Å². The van der Waals surface area contributed by atoms with Gasteiger partial charge in [-0.1, -0.05) is 0 Å². The van der Waals surface area contributed by atoms with Crippen molar-refractivity contribution in [3.8, 4) is 0 Å². The average molecular weight is 217 g/mol. The smallest absolute Gasteiger partial charge is 0.110 e. The van der Waals surface area contributed by atoms with E-state index in [1.54, 1.807) is 12.5 Å². The van der Waals surface area contributed by atoms with Crippen LogP contribution in [-0.4, -0.2) is 35.4 Å². The lowest BCUT2D eigenvalue weighted by atomic mass is 10.1. The maximum Gasteiger partial charge on any atom is 0.110 e. The fourth-order valence-corrected chi connectivity index (χ4v) is 1.95. The molecule has 0 amide bonds. The van der Waals surface area contributed by atoms with Crippen molar-refractivity contribution in [2.45, 2.75) is 25.4 Å². The predicted octanol–water partition coefficient (Wildman–Crippen LogP) is 1.04. The second kappa shape index (κ2) is 7.01. The van der Waals surface area contributed by atoms with Gasteiger partial charge in [-0.2, -0.15) is 0 Å². The molecule has 0 fully saturated rings. The molecule has 0 aliphatic carbocycles. The molecule has 3 nitrogen and oxygen atoms in total. The molecule has 2 unspecified atom stereocenters. The molecular weight excluding hydrogens is 198 g/mol. The molecule has 0 saturated carbocycles. The number of hydrogen-bond acceptors (Lipinski definition) is 3. The zero-order chi connectivity index (χ0) is 10.2. The first-order chi connectivity index (χ1) is 6.79. The molecule has 4 heteroatoms. The lowest BCUT2D eigenvalue weighted by molar-refractivity contribution is 0.122. The lowest BCUT2D eigenvalue weighted by Gasteiger charge is -2.19. The molecule has 14 heavy (non-hydrogen) atoms. The minimum atomic E-state index is -0.656. The van der Waals surface area contributed by atoms with Gasteiger partial charge in [0.2, 0.25) is 0 Å². The van der Waals surface area contributed by atoms with Crippen LogP contribution in [0.5, 0.6) is 0 Å². The fourth-order valence-electron chi connectivity index (χ4n) is 1.40.